The number of rotatable bonds is 3. The van der Waals surface area contributed by atoms with Crippen molar-refractivity contribution in [3.63, 3.8) is 0 Å². The molecule has 0 radical (unpaired) electrons. The molecule has 1 aromatic carbocycles. The van der Waals surface area contributed by atoms with Crippen molar-refractivity contribution < 1.29 is 4.39 Å². The normalized spacial score (nSPS) is 10.4. The van der Waals surface area contributed by atoms with E-state index in [1.807, 2.05) is 6.07 Å². The molecule has 1 aromatic rings. The van der Waals surface area contributed by atoms with Gasteiger partial charge in [-0.2, -0.15) is 5.26 Å². The summed E-state index contributed by atoms with van der Waals surface area (Å²) in [5, 5.41) is 8.47. The van der Waals surface area contributed by atoms with Crippen LogP contribution in [0.4, 0.5) is 4.39 Å². The van der Waals surface area contributed by atoms with Crippen LogP contribution in [0, 0.1) is 17.1 Å². The van der Waals surface area contributed by atoms with Crippen LogP contribution < -0.4 is 0 Å². The summed E-state index contributed by atoms with van der Waals surface area (Å²) in [7, 11) is 0. The maximum absolute atomic E-state index is 13.2. The molecule has 72 valence electrons. The van der Waals surface area contributed by atoms with E-state index in [0.717, 1.165) is 5.56 Å². The first-order chi connectivity index (χ1) is 6.77. The van der Waals surface area contributed by atoms with Crippen LogP contribution in [-0.2, 0) is 6.42 Å². The molecule has 0 spiro atoms. The average Bonchev–Trinajstić information content (AvgIpc) is 2.19. The van der Waals surface area contributed by atoms with Crippen LogP contribution in [-0.4, -0.2) is 5.88 Å². The number of alkyl halides is 1. The van der Waals surface area contributed by atoms with Gasteiger partial charge in [0.1, 0.15) is 5.82 Å². The molecule has 0 aliphatic rings. The van der Waals surface area contributed by atoms with Crippen molar-refractivity contribution in [2.24, 2.45) is 0 Å². The number of halogens is 2. The lowest BCUT2D eigenvalue weighted by atomic mass is 10.1. The maximum atomic E-state index is 13.2. The Labute approximate surface area is 87.4 Å². The summed E-state index contributed by atoms with van der Waals surface area (Å²) in [4.78, 5) is 0. The van der Waals surface area contributed by atoms with Gasteiger partial charge < -0.3 is 0 Å². The van der Waals surface area contributed by atoms with Crippen molar-refractivity contribution in [3.8, 4) is 6.07 Å². The zero-order valence-electron chi connectivity index (χ0n) is 7.50. The Kier molecular flexibility index (Phi) is 4.15. The van der Waals surface area contributed by atoms with Gasteiger partial charge in [-0.3, -0.25) is 0 Å². The minimum atomic E-state index is -0.298. The van der Waals surface area contributed by atoms with E-state index in [1.54, 1.807) is 24.3 Å². The van der Waals surface area contributed by atoms with Gasteiger partial charge in [0.2, 0.25) is 0 Å². The summed E-state index contributed by atoms with van der Waals surface area (Å²) in [6, 6.07) is 6.64. The molecule has 0 heterocycles. The van der Waals surface area contributed by atoms with E-state index in [0.29, 0.717) is 17.9 Å². The van der Waals surface area contributed by atoms with E-state index in [4.69, 9.17) is 16.9 Å². The third-order valence-electron chi connectivity index (χ3n) is 1.73. The fourth-order valence-corrected chi connectivity index (χ4v) is 1.18. The van der Waals surface area contributed by atoms with Crippen molar-refractivity contribution in [3.05, 3.63) is 41.2 Å². The Morgan fingerprint density at radius 3 is 2.93 bits per heavy atom. The SMILES string of the molecule is N#CCc1ccc(F)c(C=CCCl)c1. The molecule has 1 rings (SSSR count). The number of allylic oxidation sites excluding steroid dienone is 1. The summed E-state index contributed by atoms with van der Waals surface area (Å²) in [5.74, 6) is 0.0510. The Morgan fingerprint density at radius 1 is 1.50 bits per heavy atom. The molecule has 0 unspecified atom stereocenters. The predicted octanol–water partition coefficient (Wildman–Crippen LogP) is 3.14. The molecule has 0 bridgehead atoms. The molecule has 0 aromatic heterocycles. The Balaban J connectivity index is 2.97. The molecule has 0 aliphatic carbocycles. The molecule has 1 nitrogen and oxygen atoms in total. The second kappa shape index (κ2) is 5.41. The van der Waals surface area contributed by atoms with Gasteiger partial charge in [-0.25, -0.2) is 4.39 Å². The zero-order chi connectivity index (χ0) is 10.4. The molecule has 0 saturated carbocycles. The highest BCUT2D eigenvalue weighted by atomic mass is 35.5. The quantitative estimate of drug-likeness (QED) is 0.702. The van der Waals surface area contributed by atoms with Crippen LogP contribution in [0.3, 0.4) is 0 Å². The Morgan fingerprint density at radius 2 is 2.29 bits per heavy atom. The Bertz CT molecular complexity index is 379. The fourth-order valence-electron chi connectivity index (χ4n) is 1.09. The Hall–Kier alpha value is -1.33. The van der Waals surface area contributed by atoms with Gasteiger partial charge in [0.15, 0.2) is 0 Å². The number of benzene rings is 1. The van der Waals surface area contributed by atoms with E-state index in [2.05, 4.69) is 0 Å². The zero-order valence-corrected chi connectivity index (χ0v) is 8.26. The highest BCUT2D eigenvalue weighted by Gasteiger charge is 1.99. The first-order valence-corrected chi connectivity index (χ1v) is 4.69. The molecule has 3 heteroatoms. The van der Waals surface area contributed by atoms with Gasteiger partial charge in [-0.05, 0) is 17.7 Å². The minimum Gasteiger partial charge on any atom is -0.206 e. The van der Waals surface area contributed by atoms with Gasteiger partial charge in [0, 0.05) is 11.4 Å². The molecule has 0 N–H and O–H groups in total. The second-order valence-electron chi connectivity index (χ2n) is 2.75. The third-order valence-corrected chi connectivity index (χ3v) is 1.91. The highest BCUT2D eigenvalue weighted by molar-refractivity contribution is 6.19. The first kappa shape index (κ1) is 10.7. The summed E-state index contributed by atoms with van der Waals surface area (Å²) in [5.41, 5.74) is 1.28. The summed E-state index contributed by atoms with van der Waals surface area (Å²) < 4.78 is 13.2. The monoisotopic (exact) mass is 209 g/mol. The van der Waals surface area contributed by atoms with Crippen molar-refractivity contribution in [1.29, 1.82) is 5.26 Å². The summed E-state index contributed by atoms with van der Waals surface area (Å²) >= 11 is 5.44. The fraction of sp³-hybridized carbons (Fsp3) is 0.182. The topological polar surface area (TPSA) is 23.8 Å². The summed E-state index contributed by atoms with van der Waals surface area (Å²) in [6.07, 6.45) is 3.57. The molecule has 0 aliphatic heterocycles. The van der Waals surface area contributed by atoms with Gasteiger partial charge in [0.05, 0.1) is 12.5 Å². The van der Waals surface area contributed by atoms with Gasteiger partial charge >= 0.3 is 0 Å². The average molecular weight is 210 g/mol. The predicted molar refractivity (Wildman–Crippen MR) is 55.5 cm³/mol. The van der Waals surface area contributed by atoms with Crippen LogP contribution in [0.2, 0.25) is 0 Å². The smallest absolute Gasteiger partial charge is 0.130 e. The largest absolute Gasteiger partial charge is 0.206 e. The second-order valence-corrected chi connectivity index (χ2v) is 3.06. The van der Waals surface area contributed by atoms with Crippen LogP contribution >= 0.6 is 11.6 Å². The lowest BCUT2D eigenvalue weighted by Gasteiger charge is -1.99. The van der Waals surface area contributed by atoms with Gasteiger partial charge in [-0.1, -0.05) is 18.2 Å². The number of nitriles is 1. The molecular weight excluding hydrogens is 201 g/mol. The van der Waals surface area contributed by atoms with Crippen LogP contribution in [0.25, 0.3) is 6.08 Å². The lowest BCUT2D eigenvalue weighted by Crippen LogP contribution is -1.87. The molecule has 0 saturated heterocycles. The van der Waals surface area contributed by atoms with Crippen molar-refractivity contribution in [2.45, 2.75) is 6.42 Å². The van der Waals surface area contributed by atoms with Crippen molar-refractivity contribution in [1.82, 2.24) is 0 Å². The van der Waals surface area contributed by atoms with Gasteiger partial charge in [0.25, 0.3) is 0 Å². The highest BCUT2D eigenvalue weighted by Crippen LogP contribution is 2.12. The van der Waals surface area contributed by atoms with E-state index in [1.165, 1.54) is 6.07 Å². The minimum absolute atomic E-state index is 0.294. The van der Waals surface area contributed by atoms with Crippen molar-refractivity contribution >= 4 is 17.7 Å². The molecular formula is C11H9ClFN. The van der Waals surface area contributed by atoms with E-state index in [9.17, 15) is 4.39 Å². The summed E-state index contributed by atoms with van der Waals surface area (Å²) in [6.45, 7) is 0. The molecule has 0 amide bonds. The standard InChI is InChI=1S/C11H9ClFN/c12-6-1-2-10-8-9(5-7-14)3-4-11(10)13/h1-4,8H,5-6H2. The van der Waals surface area contributed by atoms with Crippen LogP contribution in [0.5, 0.6) is 0 Å². The van der Waals surface area contributed by atoms with E-state index in [-0.39, 0.29) is 5.82 Å². The first-order valence-electron chi connectivity index (χ1n) is 4.16. The lowest BCUT2D eigenvalue weighted by molar-refractivity contribution is 0.624. The third kappa shape index (κ3) is 2.86. The number of hydrogen-bond acceptors (Lipinski definition) is 1. The molecule has 0 atom stereocenters. The van der Waals surface area contributed by atoms with E-state index < -0.39 is 0 Å². The molecule has 0 fully saturated rings. The number of hydrogen-bond donors (Lipinski definition) is 0. The number of nitrogens with zero attached hydrogens (tertiary/aromatic N) is 1. The van der Waals surface area contributed by atoms with Gasteiger partial charge in [-0.15, -0.1) is 11.6 Å². The van der Waals surface area contributed by atoms with Crippen molar-refractivity contribution in [2.75, 3.05) is 5.88 Å². The van der Waals surface area contributed by atoms with Crippen LogP contribution in [0.1, 0.15) is 11.1 Å². The van der Waals surface area contributed by atoms with Crippen LogP contribution in [0.15, 0.2) is 24.3 Å². The maximum Gasteiger partial charge on any atom is 0.130 e. The molecule has 14 heavy (non-hydrogen) atoms. The van der Waals surface area contributed by atoms with E-state index >= 15 is 0 Å².